The van der Waals surface area contributed by atoms with E-state index in [-0.39, 0.29) is 18.1 Å². The van der Waals surface area contributed by atoms with E-state index in [1.165, 1.54) is 5.56 Å². The SMILES string of the molecule is COCCC(=O)NC1CC(c2ccccc2)NN1. The summed E-state index contributed by atoms with van der Waals surface area (Å²) in [5.41, 5.74) is 7.50. The average molecular weight is 249 g/mol. The molecule has 2 unspecified atom stereocenters. The Hall–Kier alpha value is -1.43. The van der Waals surface area contributed by atoms with Gasteiger partial charge in [0.1, 0.15) is 0 Å². The van der Waals surface area contributed by atoms with E-state index in [9.17, 15) is 4.79 Å². The van der Waals surface area contributed by atoms with Crippen LogP contribution in [0.25, 0.3) is 0 Å². The Bertz CT molecular complexity index is 383. The molecule has 1 fully saturated rings. The Balaban J connectivity index is 1.80. The normalized spacial score (nSPS) is 22.9. The van der Waals surface area contributed by atoms with Crippen molar-refractivity contribution in [3.8, 4) is 0 Å². The highest BCUT2D eigenvalue weighted by Crippen LogP contribution is 2.20. The molecular weight excluding hydrogens is 230 g/mol. The first kappa shape index (κ1) is 13.0. The molecule has 1 aromatic carbocycles. The van der Waals surface area contributed by atoms with Crippen LogP contribution in [0.2, 0.25) is 0 Å². The lowest BCUT2D eigenvalue weighted by molar-refractivity contribution is -0.122. The van der Waals surface area contributed by atoms with E-state index in [0.29, 0.717) is 13.0 Å². The van der Waals surface area contributed by atoms with Gasteiger partial charge in [0.25, 0.3) is 0 Å². The zero-order valence-electron chi connectivity index (χ0n) is 10.5. The van der Waals surface area contributed by atoms with Gasteiger partial charge in [0.15, 0.2) is 0 Å². The smallest absolute Gasteiger partial charge is 0.223 e. The van der Waals surface area contributed by atoms with Gasteiger partial charge in [-0.15, -0.1) is 0 Å². The Kier molecular flexibility index (Phi) is 4.69. The number of amides is 1. The van der Waals surface area contributed by atoms with E-state index in [2.05, 4.69) is 28.3 Å². The molecule has 1 saturated heterocycles. The van der Waals surface area contributed by atoms with Crippen molar-refractivity contribution in [2.24, 2.45) is 0 Å². The summed E-state index contributed by atoms with van der Waals surface area (Å²) in [6.07, 6.45) is 1.20. The quantitative estimate of drug-likeness (QED) is 0.719. The standard InChI is InChI=1S/C13H19N3O2/c1-18-8-7-13(17)14-12-9-11(15-16-12)10-5-3-2-4-6-10/h2-6,11-12,15-16H,7-9H2,1H3,(H,14,17). The second-order valence-corrected chi connectivity index (χ2v) is 4.35. The first-order chi connectivity index (χ1) is 8.79. The molecule has 1 aliphatic rings. The van der Waals surface area contributed by atoms with Gasteiger partial charge in [-0.2, -0.15) is 0 Å². The fourth-order valence-corrected chi connectivity index (χ4v) is 2.02. The van der Waals surface area contributed by atoms with Gasteiger partial charge in [0, 0.05) is 26.0 Å². The van der Waals surface area contributed by atoms with Crippen LogP contribution in [0.5, 0.6) is 0 Å². The van der Waals surface area contributed by atoms with Crippen LogP contribution < -0.4 is 16.2 Å². The van der Waals surface area contributed by atoms with E-state index in [1.54, 1.807) is 7.11 Å². The lowest BCUT2D eigenvalue weighted by atomic mass is 10.0. The van der Waals surface area contributed by atoms with Gasteiger partial charge in [0.2, 0.25) is 5.91 Å². The van der Waals surface area contributed by atoms with Crippen LogP contribution >= 0.6 is 0 Å². The molecule has 5 nitrogen and oxygen atoms in total. The number of hydrogen-bond donors (Lipinski definition) is 3. The van der Waals surface area contributed by atoms with E-state index >= 15 is 0 Å². The summed E-state index contributed by atoms with van der Waals surface area (Å²) in [4.78, 5) is 11.5. The number of hydrazine groups is 1. The lowest BCUT2D eigenvalue weighted by Gasteiger charge is -2.11. The second kappa shape index (κ2) is 6.49. The molecule has 1 aliphatic heterocycles. The molecule has 18 heavy (non-hydrogen) atoms. The molecule has 5 heteroatoms. The van der Waals surface area contributed by atoms with Crippen molar-refractivity contribution in [3.05, 3.63) is 35.9 Å². The predicted octanol–water partition coefficient (Wildman–Crippen LogP) is 0.704. The monoisotopic (exact) mass is 249 g/mol. The van der Waals surface area contributed by atoms with Crippen molar-refractivity contribution >= 4 is 5.91 Å². The minimum atomic E-state index is -0.0282. The molecule has 2 rings (SSSR count). The van der Waals surface area contributed by atoms with Crippen molar-refractivity contribution in [3.63, 3.8) is 0 Å². The van der Waals surface area contributed by atoms with Crippen molar-refractivity contribution in [2.75, 3.05) is 13.7 Å². The van der Waals surface area contributed by atoms with Gasteiger partial charge in [-0.1, -0.05) is 30.3 Å². The number of benzene rings is 1. The van der Waals surface area contributed by atoms with E-state index < -0.39 is 0 Å². The summed E-state index contributed by atoms with van der Waals surface area (Å²) >= 11 is 0. The molecule has 0 spiro atoms. The number of carbonyl (C=O) groups excluding carboxylic acids is 1. The highest BCUT2D eigenvalue weighted by molar-refractivity contribution is 5.76. The van der Waals surface area contributed by atoms with Gasteiger partial charge in [0.05, 0.1) is 12.8 Å². The van der Waals surface area contributed by atoms with Crippen LogP contribution in [0.3, 0.4) is 0 Å². The molecule has 0 aromatic heterocycles. The average Bonchev–Trinajstić information content (AvgIpc) is 2.86. The summed E-state index contributed by atoms with van der Waals surface area (Å²) < 4.78 is 4.87. The summed E-state index contributed by atoms with van der Waals surface area (Å²) in [5, 5.41) is 2.92. The van der Waals surface area contributed by atoms with Crippen LogP contribution in [0, 0.1) is 0 Å². The molecule has 0 bridgehead atoms. The summed E-state index contributed by atoms with van der Waals surface area (Å²) in [6.45, 7) is 0.452. The third-order valence-electron chi connectivity index (χ3n) is 2.97. The molecule has 1 aromatic rings. The molecule has 2 atom stereocenters. The van der Waals surface area contributed by atoms with Crippen molar-refractivity contribution in [1.82, 2.24) is 16.2 Å². The summed E-state index contributed by atoms with van der Waals surface area (Å²) in [7, 11) is 1.59. The molecule has 1 heterocycles. The Morgan fingerprint density at radius 3 is 2.89 bits per heavy atom. The molecule has 0 aliphatic carbocycles. The maximum Gasteiger partial charge on any atom is 0.223 e. The maximum atomic E-state index is 11.5. The first-order valence-electron chi connectivity index (χ1n) is 6.14. The van der Waals surface area contributed by atoms with Crippen molar-refractivity contribution in [1.29, 1.82) is 0 Å². The number of nitrogens with one attached hydrogen (secondary N) is 3. The van der Waals surface area contributed by atoms with Gasteiger partial charge < -0.3 is 10.1 Å². The highest BCUT2D eigenvalue weighted by atomic mass is 16.5. The lowest BCUT2D eigenvalue weighted by Crippen LogP contribution is -2.44. The summed E-state index contributed by atoms with van der Waals surface area (Å²) in [6, 6.07) is 10.4. The van der Waals surface area contributed by atoms with Crippen LogP contribution in [-0.4, -0.2) is 25.8 Å². The van der Waals surface area contributed by atoms with Gasteiger partial charge in [-0.3, -0.25) is 4.79 Å². The molecule has 1 amide bonds. The molecule has 0 saturated carbocycles. The number of rotatable bonds is 5. The maximum absolute atomic E-state index is 11.5. The Labute approximate surface area is 107 Å². The van der Waals surface area contributed by atoms with Crippen LogP contribution in [0.4, 0.5) is 0 Å². The Morgan fingerprint density at radius 1 is 1.39 bits per heavy atom. The van der Waals surface area contributed by atoms with E-state index in [4.69, 9.17) is 4.74 Å². The molecule has 3 N–H and O–H groups in total. The van der Waals surface area contributed by atoms with Crippen molar-refractivity contribution in [2.45, 2.75) is 25.0 Å². The number of carbonyl (C=O) groups is 1. The number of hydrogen-bond acceptors (Lipinski definition) is 4. The predicted molar refractivity (Wildman–Crippen MR) is 68.5 cm³/mol. The van der Waals surface area contributed by atoms with E-state index in [0.717, 1.165) is 6.42 Å². The minimum Gasteiger partial charge on any atom is -0.384 e. The Morgan fingerprint density at radius 2 is 2.17 bits per heavy atom. The zero-order chi connectivity index (χ0) is 12.8. The fourth-order valence-electron chi connectivity index (χ4n) is 2.02. The van der Waals surface area contributed by atoms with Gasteiger partial charge in [-0.25, -0.2) is 10.9 Å². The molecule has 98 valence electrons. The molecular formula is C13H19N3O2. The zero-order valence-corrected chi connectivity index (χ0v) is 10.5. The molecule has 0 radical (unpaired) electrons. The highest BCUT2D eigenvalue weighted by Gasteiger charge is 2.25. The topological polar surface area (TPSA) is 62.4 Å². The largest absolute Gasteiger partial charge is 0.384 e. The minimum absolute atomic E-state index is 0.00450. The number of methoxy groups -OCH3 is 1. The third kappa shape index (κ3) is 3.53. The second-order valence-electron chi connectivity index (χ2n) is 4.35. The summed E-state index contributed by atoms with van der Waals surface area (Å²) in [5.74, 6) is 0.00450. The first-order valence-corrected chi connectivity index (χ1v) is 6.14. The van der Waals surface area contributed by atoms with Gasteiger partial charge >= 0.3 is 0 Å². The van der Waals surface area contributed by atoms with Crippen LogP contribution in [-0.2, 0) is 9.53 Å². The fraction of sp³-hybridized carbons (Fsp3) is 0.462. The van der Waals surface area contributed by atoms with Gasteiger partial charge in [-0.05, 0) is 5.56 Å². The van der Waals surface area contributed by atoms with E-state index in [1.807, 2.05) is 18.2 Å². The third-order valence-corrected chi connectivity index (χ3v) is 2.97. The van der Waals surface area contributed by atoms with Crippen LogP contribution in [0.15, 0.2) is 30.3 Å². The van der Waals surface area contributed by atoms with Crippen LogP contribution in [0.1, 0.15) is 24.4 Å². The number of ether oxygens (including phenoxy) is 1. The van der Waals surface area contributed by atoms with Crippen molar-refractivity contribution < 1.29 is 9.53 Å².